The van der Waals surface area contributed by atoms with E-state index in [1.165, 1.54) is 18.2 Å². The molecular weight excluding hydrogens is 246 g/mol. The van der Waals surface area contributed by atoms with Crippen LogP contribution in [0.5, 0.6) is 17.2 Å². The molecule has 0 unspecified atom stereocenters. The highest BCUT2D eigenvalue weighted by Crippen LogP contribution is 2.28. The molecule has 0 spiro atoms. The quantitative estimate of drug-likeness (QED) is 0.825. The molecule has 0 aliphatic carbocycles. The number of carboxylic acids is 1. The number of nitrogen functional groups attached to an aromatic ring is 1. The third-order valence-corrected chi connectivity index (χ3v) is 2.52. The van der Waals surface area contributed by atoms with Crippen molar-refractivity contribution in [3.8, 4) is 17.2 Å². The van der Waals surface area contributed by atoms with Gasteiger partial charge in [-0.1, -0.05) is 0 Å². The van der Waals surface area contributed by atoms with Crippen molar-refractivity contribution in [3.05, 3.63) is 48.0 Å². The molecule has 5 heteroatoms. The lowest BCUT2D eigenvalue weighted by atomic mass is 10.2. The van der Waals surface area contributed by atoms with Crippen molar-refractivity contribution >= 4 is 11.7 Å². The average molecular weight is 259 g/mol. The molecule has 0 saturated carbocycles. The Morgan fingerprint density at radius 2 is 1.74 bits per heavy atom. The average Bonchev–Trinajstić information content (AvgIpc) is 2.39. The van der Waals surface area contributed by atoms with Crippen molar-refractivity contribution < 1.29 is 19.4 Å². The predicted molar refractivity (Wildman–Crippen MR) is 70.9 cm³/mol. The van der Waals surface area contributed by atoms with E-state index in [0.717, 1.165) is 0 Å². The normalized spacial score (nSPS) is 9.95. The number of hydrogen-bond donors (Lipinski definition) is 2. The standard InChI is InChI=1S/C14H13NO4/c1-18-10-3-5-11(6-4-10)19-13-8-9(15)2-7-12(13)14(16)17/h2-8H,15H2,1H3,(H,16,17). The van der Waals surface area contributed by atoms with Crippen LogP contribution < -0.4 is 15.2 Å². The van der Waals surface area contributed by atoms with Gasteiger partial charge in [0.2, 0.25) is 0 Å². The van der Waals surface area contributed by atoms with Crippen molar-refractivity contribution in [2.45, 2.75) is 0 Å². The fraction of sp³-hybridized carbons (Fsp3) is 0.0714. The van der Waals surface area contributed by atoms with Crippen molar-refractivity contribution in [1.82, 2.24) is 0 Å². The molecule has 0 aliphatic rings. The summed E-state index contributed by atoms with van der Waals surface area (Å²) in [5.74, 6) is 0.341. The van der Waals surface area contributed by atoms with E-state index < -0.39 is 5.97 Å². The maximum Gasteiger partial charge on any atom is 0.339 e. The minimum Gasteiger partial charge on any atom is -0.497 e. The van der Waals surface area contributed by atoms with Crippen LogP contribution >= 0.6 is 0 Å². The summed E-state index contributed by atoms with van der Waals surface area (Å²) in [6.45, 7) is 0. The minimum atomic E-state index is -1.07. The van der Waals surface area contributed by atoms with Gasteiger partial charge in [-0.2, -0.15) is 0 Å². The molecule has 98 valence electrons. The van der Waals surface area contributed by atoms with E-state index in [1.54, 1.807) is 31.4 Å². The minimum absolute atomic E-state index is 0.0602. The number of hydrogen-bond acceptors (Lipinski definition) is 4. The van der Waals surface area contributed by atoms with Gasteiger partial charge in [0, 0.05) is 11.8 Å². The molecule has 0 aliphatic heterocycles. The molecule has 0 heterocycles. The first-order valence-electron chi connectivity index (χ1n) is 5.55. The number of ether oxygens (including phenoxy) is 2. The zero-order valence-corrected chi connectivity index (χ0v) is 10.3. The Morgan fingerprint density at radius 1 is 1.11 bits per heavy atom. The molecule has 5 nitrogen and oxygen atoms in total. The Hall–Kier alpha value is -2.69. The van der Waals surface area contributed by atoms with Gasteiger partial charge in [-0.05, 0) is 36.4 Å². The van der Waals surface area contributed by atoms with E-state index in [1.807, 2.05) is 0 Å². The molecule has 0 radical (unpaired) electrons. The topological polar surface area (TPSA) is 81.8 Å². The van der Waals surface area contributed by atoms with E-state index in [0.29, 0.717) is 17.2 Å². The third-order valence-electron chi connectivity index (χ3n) is 2.52. The Kier molecular flexibility index (Phi) is 3.56. The Bertz CT molecular complexity index is 593. The molecular formula is C14H13NO4. The van der Waals surface area contributed by atoms with Crippen LogP contribution in [0.2, 0.25) is 0 Å². The van der Waals surface area contributed by atoms with Crippen LogP contribution in [0, 0.1) is 0 Å². The van der Waals surface area contributed by atoms with Gasteiger partial charge in [-0.3, -0.25) is 0 Å². The summed E-state index contributed by atoms with van der Waals surface area (Å²) in [4.78, 5) is 11.1. The largest absolute Gasteiger partial charge is 0.497 e. The molecule has 0 amide bonds. The monoisotopic (exact) mass is 259 g/mol. The molecule has 0 atom stereocenters. The Balaban J connectivity index is 2.31. The van der Waals surface area contributed by atoms with Gasteiger partial charge in [0.1, 0.15) is 22.8 Å². The van der Waals surface area contributed by atoms with Crippen molar-refractivity contribution in [3.63, 3.8) is 0 Å². The van der Waals surface area contributed by atoms with E-state index >= 15 is 0 Å². The fourth-order valence-electron chi connectivity index (χ4n) is 1.57. The van der Waals surface area contributed by atoms with Gasteiger partial charge >= 0.3 is 5.97 Å². The maximum atomic E-state index is 11.1. The molecule has 3 N–H and O–H groups in total. The number of anilines is 1. The number of carboxylic acid groups (broad SMARTS) is 1. The van der Waals surface area contributed by atoms with Crippen LogP contribution in [0.1, 0.15) is 10.4 Å². The molecule has 2 aromatic rings. The van der Waals surface area contributed by atoms with Crippen LogP contribution in [-0.2, 0) is 0 Å². The highest BCUT2D eigenvalue weighted by Gasteiger charge is 2.12. The lowest BCUT2D eigenvalue weighted by molar-refractivity contribution is 0.0694. The second-order valence-electron chi connectivity index (χ2n) is 3.84. The predicted octanol–water partition coefficient (Wildman–Crippen LogP) is 2.77. The number of nitrogens with two attached hydrogens (primary N) is 1. The maximum absolute atomic E-state index is 11.1. The van der Waals surface area contributed by atoms with Crippen LogP contribution in [0.15, 0.2) is 42.5 Å². The van der Waals surface area contributed by atoms with Gasteiger partial charge in [0.15, 0.2) is 0 Å². The van der Waals surface area contributed by atoms with Gasteiger partial charge in [0.25, 0.3) is 0 Å². The van der Waals surface area contributed by atoms with Gasteiger partial charge in [-0.25, -0.2) is 4.79 Å². The number of rotatable bonds is 4. The molecule has 19 heavy (non-hydrogen) atoms. The molecule has 2 aromatic carbocycles. The summed E-state index contributed by atoms with van der Waals surface area (Å²) in [6, 6.07) is 11.2. The first-order valence-corrected chi connectivity index (χ1v) is 5.55. The third kappa shape index (κ3) is 2.95. The summed E-state index contributed by atoms with van der Waals surface area (Å²) < 4.78 is 10.6. The highest BCUT2D eigenvalue weighted by atomic mass is 16.5. The SMILES string of the molecule is COc1ccc(Oc2cc(N)ccc2C(=O)O)cc1. The molecule has 0 bridgehead atoms. The van der Waals surface area contributed by atoms with E-state index in [4.69, 9.17) is 20.3 Å². The first-order chi connectivity index (χ1) is 9.10. The van der Waals surface area contributed by atoms with Crippen molar-refractivity contribution in [2.75, 3.05) is 12.8 Å². The van der Waals surface area contributed by atoms with Crippen molar-refractivity contribution in [2.24, 2.45) is 0 Å². The van der Waals surface area contributed by atoms with E-state index in [9.17, 15) is 4.79 Å². The summed E-state index contributed by atoms with van der Waals surface area (Å²) in [5, 5.41) is 9.08. The van der Waals surface area contributed by atoms with Crippen molar-refractivity contribution in [1.29, 1.82) is 0 Å². The second kappa shape index (κ2) is 5.30. The highest BCUT2D eigenvalue weighted by molar-refractivity contribution is 5.91. The Labute approximate surface area is 110 Å². The van der Waals surface area contributed by atoms with Crippen LogP contribution in [0.25, 0.3) is 0 Å². The zero-order valence-electron chi connectivity index (χ0n) is 10.3. The van der Waals surface area contributed by atoms with E-state index in [-0.39, 0.29) is 11.3 Å². The summed E-state index contributed by atoms with van der Waals surface area (Å²) in [5.41, 5.74) is 6.13. The van der Waals surface area contributed by atoms with Gasteiger partial charge < -0.3 is 20.3 Å². The van der Waals surface area contributed by atoms with Crippen LogP contribution in [0.4, 0.5) is 5.69 Å². The smallest absolute Gasteiger partial charge is 0.339 e. The zero-order chi connectivity index (χ0) is 13.8. The summed E-state index contributed by atoms with van der Waals surface area (Å²) in [6.07, 6.45) is 0. The first kappa shape index (κ1) is 12.8. The fourth-order valence-corrected chi connectivity index (χ4v) is 1.57. The number of benzene rings is 2. The second-order valence-corrected chi connectivity index (χ2v) is 3.84. The molecule has 2 rings (SSSR count). The molecule has 0 fully saturated rings. The molecule has 0 saturated heterocycles. The lowest BCUT2D eigenvalue weighted by Crippen LogP contribution is -2.01. The number of aromatic carboxylic acids is 1. The van der Waals surface area contributed by atoms with E-state index in [2.05, 4.69) is 0 Å². The van der Waals surface area contributed by atoms with Gasteiger partial charge in [0.05, 0.1) is 7.11 Å². The van der Waals surface area contributed by atoms with Crippen LogP contribution in [0.3, 0.4) is 0 Å². The van der Waals surface area contributed by atoms with Gasteiger partial charge in [-0.15, -0.1) is 0 Å². The lowest BCUT2D eigenvalue weighted by Gasteiger charge is -2.10. The Morgan fingerprint density at radius 3 is 2.32 bits per heavy atom. The summed E-state index contributed by atoms with van der Waals surface area (Å²) >= 11 is 0. The van der Waals surface area contributed by atoms with Crippen LogP contribution in [-0.4, -0.2) is 18.2 Å². The number of methoxy groups -OCH3 is 1. The summed E-state index contributed by atoms with van der Waals surface area (Å²) in [7, 11) is 1.57. The molecule has 0 aromatic heterocycles. The number of carbonyl (C=O) groups is 1.